The zero-order valence-electron chi connectivity index (χ0n) is 15.4. The van der Waals surface area contributed by atoms with E-state index in [0.717, 1.165) is 29.6 Å². The Morgan fingerprint density at radius 3 is 2.62 bits per heavy atom. The summed E-state index contributed by atoms with van der Waals surface area (Å²) in [6.07, 6.45) is 4.11. The van der Waals surface area contributed by atoms with Crippen molar-refractivity contribution in [2.45, 2.75) is 45.7 Å². The first-order valence-corrected chi connectivity index (χ1v) is 9.25. The van der Waals surface area contributed by atoms with E-state index in [9.17, 15) is 4.79 Å². The number of hydrogen-bond acceptors (Lipinski definition) is 3. The monoisotopic (exact) mass is 348 g/mol. The molecule has 26 heavy (non-hydrogen) atoms. The minimum Gasteiger partial charge on any atom is -0.345 e. The van der Waals surface area contributed by atoms with Gasteiger partial charge in [0, 0.05) is 11.4 Å². The number of nitrogens with one attached hydrogen (secondary N) is 1. The van der Waals surface area contributed by atoms with Crippen LogP contribution in [0, 0.1) is 12.8 Å². The third kappa shape index (κ3) is 3.09. The second-order valence-corrected chi connectivity index (χ2v) is 7.42. The summed E-state index contributed by atoms with van der Waals surface area (Å²) in [5.74, 6) is 0.469. The highest BCUT2D eigenvalue weighted by molar-refractivity contribution is 5.98. The van der Waals surface area contributed by atoms with Gasteiger partial charge in [-0.1, -0.05) is 30.3 Å². The summed E-state index contributed by atoms with van der Waals surface area (Å²) in [5.41, 5.74) is 3.36. The molecule has 0 spiro atoms. The molecule has 1 aliphatic rings. The van der Waals surface area contributed by atoms with Crippen molar-refractivity contribution in [2.24, 2.45) is 5.92 Å². The molecular formula is C21H24N4O. The maximum absolute atomic E-state index is 13.0. The molecule has 0 bridgehead atoms. The van der Waals surface area contributed by atoms with Gasteiger partial charge in [0.05, 0.1) is 23.5 Å². The molecule has 0 unspecified atom stereocenters. The third-order valence-corrected chi connectivity index (χ3v) is 5.03. The van der Waals surface area contributed by atoms with Crippen LogP contribution in [-0.2, 0) is 0 Å². The molecule has 5 nitrogen and oxygen atoms in total. The zero-order valence-corrected chi connectivity index (χ0v) is 15.4. The number of nitrogens with zero attached hydrogens (tertiary/aromatic N) is 3. The van der Waals surface area contributed by atoms with Crippen molar-refractivity contribution in [3.63, 3.8) is 0 Å². The lowest BCUT2D eigenvalue weighted by atomic mass is 10.0. The minimum atomic E-state index is -0.0602. The average Bonchev–Trinajstić information content (AvgIpc) is 3.39. The molecule has 1 fully saturated rings. The normalized spacial score (nSPS) is 15.4. The van der Waals surface area contributed by atoms with E-state index in [1.807, 2.05) is 35.9 Å². The van der Waals surface area contributed by atoms with Crippen molar-refractivity contribution >= 4 is 16.9 Å². The maximum Gasteiger partial charge on any atom is 0.253 e. The van der Waals surface area contributed by atoms with Gasteiger partial charge >= 0.3 is 0 Å². The Hall–Kier alpha value is -2.69. The Kier molecular flexibility index (Phi) is 4.23. The lowest BCUT2D eigenvalue weighted by molar-refractivity contribution is 0.0931. The van der Waals surface area contributed by atoms with E-state index in [2.05, 4.69) is 41.4 Å². The van der Waals surface area contributed by atoms with Gasteiger partial charge in [0.15, 0.2) is 5.65 Å². The van der Waals surface area contributed by atoms with Crippen molar-refractivity contribution in [3.05, 3.63) is 59.4 Å². The second kappa shape index (κ2) is 6.56. The van der Waals surface area contributed by atoms with Crippen molar-refractivity contribution in [3.8, 4) is 0 Å². The fourth-order valence-electron chi connectivity index (χ4n) is 3.46. The minimum absolute atomic E-state index is 0.0602. The largest absolute Gasteiger partial charge is 0.345 e. The van der Waals surface area contributed by atoms with Gasteiger partial charge in [-0.15, -0.1) is 0 Å². The molecule has 1 amide bonds. The Morgan fingerprint density at radius 2 is 1.96 bits per heavy atom. The smallest absolute Gasteiger partial charge is 0.253 e. The molecule has 4 rings (SSSR count). The number of aryl methyl sites for hydroxylation is 1. The Balaban J connectivity index is 1.64. The first kappa shape index (κ1) is 16.8. The van der Waals surface area contributed by atoms with Crippen LogP contribution in [0.3, 0.4) is 0 Å². The van der Waals surface area contributed by atoms with Crippen LogP contribution < -0.4 is 5.32 Å². The van der Waals surface area contributed by atoms with Crippen LogP contribution in [0.15, 0.2) is 42.6 Å². The number of aromatic nitrogens is 3. The summed E-state index contributed by atoms with van der Waals surface area (Å²) in [7, 11) is 0. The van der Waals surface area contributed by atoms with Crippen LogP contribution in [-0.4, -0.2) is 20.7 Å². The molecule has 0 saturated heterocycles. The average molecular weight is 348 g/mol. The van der Waals surface area contributed by atoms with E-state index in [-0.39, 0.29) is 18.0 Å². The Bertz CT molecular complexity index is 941. The summed E-state index contributed by atoms with van der Waals surface area (Å²) in [4.78, 5) is 17.6. The lowest BCUT2D eigenvalue weighted by Gasteiger charge is -2.19. The molecule has 1 aromatic carbocycles. The summed E-state index contributed by atoms with van der Waals surface area (Å²) in [5, 5.41) is 8.55. The molecule has 0 radical (unpaired) electrons. The predicted molar refractivity (Wildman–Crippen MR) is 102 cm³/mol. The second-order valence-electron chi connectivity index (χ2n) is 7.42. The third-order valence-electron chi connectivity index (χ3n) is 5.03. The number of benzene rings is 1. The van der Waals surface area contributed by atoms with Gasteiger partial charge in [0.1, 0.15) is 0 Å². The van der Waals surface area contributed by atoms with Crippen molar-refractivity contribution in [1.82, 2.24) is 20.1 Å². The first-order chi connectivity index (χ1) is 12.5. The van der Waals surface area contributed by atoms with Crippen LogP contribution in [0.4, 0.5) is 0 Å². The van der Waals surface area contributed by atoms with Gasteiger partial charge in [-0.2, -0.15) is 5.10 Å². The fraction of sp³-hybridized carbons (Fsp3) is 0.381. The summed E-state index contributed by atoms with van der Waals surface area (Å²) in [6.45, 7) is 6.04. The standard InChI is InChI=1S/C21H24N4O/c1-13(2)25-20-17(12-22-25)11-18(14(3)23-20)21(26)24-19(16-9-10-16)15-7-5-4-6-8-15/h4-8,11-13,16,19H,9-10H2,1-3H3,(H,24,26)/t19-/m0/s1. The predicted octanol–water partition coefficient (Wildman–Crippen LogP) is 4.20. The van der Waals surface area contributed by atoms with E-state index in [4.69, 9.17) is 0 Å². The van der Waals surface area contributed by atoms with Gasteiger partial charge in [0.25, 0.3) is 5.91 Å². The number of carbonyl (C=O) groups excluding carboxylic acids is 1. The van der Waals surface area contributed by atoms with E-state index in [0.29, 0.717) is 11.5 Å². The SMILES string of the molecule is Cc1nc2c(cnn2C(C)C)cc1C(=O)N[C@@H](c1ccccc1)C1CC1. The molecular weight excluding hydrogens is 324 g/mol. The first-order valence-electron chi connectivity index (χ1n) is 9.25. The van der Waals surface area contributed by atoms with Crippen LogP contribution in [0.1, 0.15) is 60.4 Å². The number of pyridine rings is 1. The highest BCUT2D eigenvalue weighted by Gasteiger charge is 2.33. The number of carbonyl (C=O) groups is 1. The van der Waals surface area contributed by atoms with E-state index >= 15 is 0 Å². The molecule has 3 aromatic rings. The summed E-state index contributed by atoms with van der Waals surface area (Å²) < 4.78 is 1.89. The van der Waals surface area contributed by atoms with Gasteiger partial charge in [0.2, 0.25) is 0 Å². The molecule has 134 valence electrons. The topological polar surface area (TPSA) is 59.8 Å². The molecule has 2 aromatic heterocycles. The Labute approximate surface area is 153 Å². The van der Waals surface area contributed by atoms with Crippen LogP contribution in [0.2, 0.25) is 0 Å². The van der Waals surface area contributed by atoms with Gasteiger partial charge in [-0.05, 0) is 51.2 Å². The number of hydrogen-bond donors (Lipinski definition) is 1. The van der Waals surface area contributed by atoms with Crippen molar-refractivity contribution in [2.75, 3.05) is 0 Å². The molecule has 2 heterocycles. The summed E-state index contributed by atoms with van der Waals surface area (Å²) >= 11 is 0. The Morgan fingerprint density at radius 1 is 1.23 bits per heavy atom. The zero-order chi connectivity index (χ0) is 18.3. The molecule has 5 heteroatoms. The number of fused-ring (bicyclic) bond motifs is 1. The lowest BCUT2D eigenvalue weighted by Crippen LogP contribution is -2.30. The quantitative estimate of drug-likeness (QED) is 0.752. The molecule has 1 N–H and O–H groups in total. The number of amides is 1. The highest BCUT2D eigenvalue weighted by Crippen LogP contribution is 2.41. The maximum atomic E-state index is 13.0. The van der Waals surface area contributed by atoms with E-state index in [1.54, 1.807) is 6.20 Å². The van der Waals surface area contributed by atoms with Crippen LogP contribution in [0.25, 0.3) is 11.0 Å². The van der Waals surface area contributed by atoms with Gasteiger partial charge in [-0.25, -0.2) is 9.67 Å². The van der Waals surface area contributed by atoms with E-state index < -0.39 is 0 Å². The van der Waals surface area contributed by atoms with Crippen molar-refractivity contribution in [1.29, 1.82) is 0 Å². The molecule has 1 saturated carbocycles. The molecule has 1 atom stereocenters. The van der Waals surface area contributed by atoms with Crippen molar-refractivity contribution < 1.29 is 4.79 Å². The van der Waals surface area contributed by atoms with Crippen LogP contribution in [0.5, 0.6) is 0 Å². The fourth-order valence-corrected chi connectivity index (χ4v) is 3.46. The van der Waals surface area contributed by atoms with Gasteiger partial charge < -0.3 is 5.32 Å². The van der Waals surface area contributed by atoms with Gasteiger partial charge in [-0.3, -0.25) is 4.79 Å². The summed E-state index contributed by atoms with van der Waals surface area (Å²) in [6, 6.07) is 12.4. The molecule has 0 aliphatic heterocycles. The van der Waals surface area contributed by atoms with E-state index in [1.165, 1.54) is 5.56 Å². The molecule has 1 aliphatic carbocycles. The highest BCUT2D eigenvalue weighted by atomic mass is 16.1. The number of rotatable bonds is 5. The van der Waals surface area contributed by atoms with Crippen LogP contribution >= 0.6 is 0 Å².